The Labute approximate surface area is 61.2 Å². The second-order valence-electron chi connectivity index (χ2n) is 2.83. The van der Waals surface area contributed by atoms with E-state index in [0.717, 1.165) is 12.8 Å². The van der Waals surface area contributed by atoms with Gasteiger partial charge in [0.25, 0.3) is 0 Å². The Balaban J connectivity index is 1.93. The molecule has 0 radical (unpaired) electrons. The molecule has 3 nitrogen and oxygen atoms in total. The lowest BCUT2D eigenvalue weighted by atomic mass is 9.96. The van der Waals surface area contributed by atoms with Crippen molar-refractivity contribution in [1.29, 1.82) is 0 Å². The highest BCUT2D eigenvalue weighted by atomic mass is 16.5. The predicted octanol–water partition coefficient (Wildman–Crippen LogP) is -0.125. The van der Waals surface area contributed by atoms with Crippen LogP contribution in [0.2, 0.25) is 0 Å². The SMILES string of the molecule is NC(CO)COC1CCC1. The molecule has 1 rings (SSSR count). The van der Waals surface area contributed by atoms with Gasteiger partial charge < -0.3 is 15.6 Å². The lowest BCUT2D eigenvalue weighted by molar-refractivity contribution is -0.00997. The van der Waals surface area contributed by atoms with Crippen LogP contribution in [0.5, 0.6) is 0 Å². The molecule has 1 unspecified atom stereocenters. The molecule has 0 spiro atoms. The third kappa shape index (κ3) is 2.25. The van der Waals surface area contributed by atoms with Crippen molar-refractivity contribution in [2.45, 2.75) is 31.4 Å². The molecule has 0 saturated heterocycles. The van der Waals surface area contributed by atoms with Crippen molar-refractivity contribution >= 4 is 0 Å². The second-order valence-corrected chi connectivity index (χ2v) is 2.83. The Bertz CT molecular complexity index is 88.9. The lowest BCUT2D eigenvalue weighted by Crippen LogP contribution is -2.34. The first kappa shape index (κ1) is 7.98. The molecule has 10 heavy (non-hydrogen) atoms. The van der Waals surface area contributed by atoms with Gasteiger partial charge in [-0.05, 0) is 19.3 Å². The second kappa shape index (κ2) is 3.91. The summed E-state index contributed by atoms with van der Waals surface area (Å²) in [6.45, 7) is 0.522. The number of hydrogen-bond donors (Lipinski definition) is 2. The molecular weight excluding hydrogens is 130 g/mol. The first-order chi connectivity index (χ1) is 4.83. The van der Waals surface area contributed by atoms with E-state index in [2.05, 4.69) is 0 Å². The van der Waals surface area contributed by atoms with Gasteiger partial charge in [0.05, 0.1) is 25.4 Å². The highest BCUT2D eigenvalue weighted by Crippen LogP contribution is 2.21. The van der Waals surface area contributed by atoms with Gasteiger partial charge in [0.15, 0.2) is 0 Å². The van der Waals surface area contributed by atoms with Crippen LogP contribution in [0.15, 0.2) is 0 Å². The zero-order valence-electron chi connectivity index (χ0n) is 6.12. The highest BCUT2D eigenvalue weighted by Gasteiger charge is 2.18. The summed E-state index contributed by atoms with van der Waals surface area (Å²) in [6, 6.07) is -0.194. The van der Waals surface area contributed by atoms with Crippen molar-refractivity contribution < 1.29 is 9.84 Å². The minimum Gasteiger partial charge on any atom is -0.395 e. The third-order valence-corrected chi connectivity index (χ3v) is 1.83. The first-order valence-corrected chi connectivity index (χ1v) is 3.81. The topological polar surface area (TPSA) is 55.5 Å². The minimum absolute atomic E-state index is 0.0206. The Kier molecular flexibility index (Phi) is 3.12. The van der Waals surface area contributed by atoms with Crippen LogP contribution in [0.25, 0.3) is 0 Å². The largest absolute Gasteiger partial charge is 0.395 e. The summed E-state index contributed by atoms with van der Waals surface area (Å²) >= 11 is 0. The van der Waals surface area contributed by atoms with Crippen LogP contribution in [0.4, 0.5) is 0 Å². The molecule has 0 amide bonds. The number of aliphatic hydroxyl groups is 1. The number of aliphatic hydroxyl groups excluding tert-OH is 1. The number of rotatable bonds is 4. The molecule has 0 heterocycles. The van der Waals surface area contributed by atoms with Crippen LogP contribution in [0, 0.1) is 0 Å². The molecule has 0 aliphatic heterocycles. The summed E-state index contributed by atoms with van der Waals surface area (Å²) < 4.78 is 5.35. The van der Waals surface area contributed by atoms with E-state index in [4.69, 9.17) is 15.6 Å². The van der Waals surface area contributed by atoms with Gasteiger partial charge in [-0.15, -0.1) is 0 Å². The fourth-order valence-electron chi connectivity index (χ4n) is 0.850. The average Bonchev–Trinajstić information content (AvgIpc) is 1.84. The molecule has 3 heteroatoms. The number of hydrogen-bond acceptors (Lipinski definition) is 3. The molecular formula is C7H15NO2. The van der Waals surface area contributed by atoms with Gasteiger partial charge in [-0.2, -0.15) is 0 Å². The molecule has 1 atom stereocenters. The Morgan fingerprint density at radius 2 is 2.30 bits per heavy atom. The zero-order chi connectivity index (χ0) is 7.40. The van der Waals surface area contributed by atoms with Crippen molar-refractivity contribution in [1.82, 2.24) is 0 Å². The van der Waals surface area contributed by atoms with Gasteiger partial charge in [-0.3, -0.25) is 0 Å². The summed E-state index contributed by atoms with van der Waals surface area (Å²) in [6.07, 6.45) is 4.03. The maximum absolute atomic E-state index is 8.53. The van der Waals surface area contributed by atoms with E-state index in [-0.39, 0.29) is 12.6 Å². The molecule has 0 aromatic rings. The van der Waals surface area contributed by atoms with Crippen molar-refractivity contribution in [3.8, 4) is 0 Å². The minimum atomic E-state index is -0.194. The van der Waals surface area contributed by atoms with E-state index in [9.17, 15) is 0 Å². The number of nitrogens with two attached hydrogens (primary N) is 1. The molecule has 1 aliphatic rings. The van der Waals surface area contributed by atoms with Gasteiger partial charge in [-0.25, -0.2) is 0 Å². The molecule has 1 aliphatic carbocycles. The van der Waals surface area contributed by atoms with Crippen LogP contribution in [0.3, 0.4) is 0 Å². The maximum atomic E-state index is 8.53. The normalized spacial score (nSPS) is 22.2. The standard InChI is InChI=1S/C7H15NO2/c8-6(4-9)5-10-7-2-1-3-7/h6-7,9H,1-5,8H2. The molecule has 1 fully saturated rings. The van der Waals surface area contributed by atoms with Crippen LogP contribution in [-0.2, 0) is 4.74 Å². The fraction of sp³-hybridized carbons (Fsp3) is 1.00. The molecule has 1 saturated carbocycles. The molecule has 3 N–H and O–H groups in total. The van der Waals surface area contributed by atoms with Gasteiger partial charge in [-0.1, -0.05) is 0 Å². The monoisotopic (exact) mass is 145 g/mol. The average molecular weight is 145 g/mol. The van der Waals surface area contributed by atoms with Crippen molar-refractivity contribution in [3.63, 3.8) is 0 Å². The molecule has 0 aromatic heterocycles. The van der Waals surface area contributed by atoms with Crippen molar-refractivity contribution in [2.24, 2.45) is 5.73 Å². The number of ether oxygens (including phenoxy) is 1. The Morgan fingerprint density at radius 3 is 2.70 bits per heavy atom. The van der Waals surface area contributed by atoms with E-state index in [1.807, 2.05) is 0 Å². The predicted molar refractivity (Wildman–Crippen MR) is 38.7 cm³/mol. The van der Waals surface area contributed by atoms with Crippen molar-refractivity contribution in [2.75, 3.05) is 13.2 Å². The molecule has 0 bridgehead atoms. The maximum Gasteiger partial charge on any atom is 0.0643 e. The van der Waals surface area contributed by atoms with Crippen LogP contribution < -0.4 is 5.73 Å². The summed E-state index contributed by atoms with van der Waals surface area (Å²) in [7, 11) is 0. The van der Waals surface area contributed by atoms with Crippen LogP contribution >= 0.6 is 0 Å². The molecule has 60 valence electrons. The third-order valence-electron chi connectivity index (χ3n) is 1.83. The van der Waals surface area contributed by atoms with E-state index in [0.29, 0.717) is 12.7 Å². The highest BCUT2D eigenvalue weighted by molar-refractivity contribution is 4.70. The molecule has 0 aromatic carbocycles. The van der Waals surface area contributed by atoms with Crippen LogP contribution in [-0.4, -0.2) is 30.5 Å². The van der Waals surface area contributed by atoms with Crippen LogP contribution in [0.1, 0.15) is 19.3 Å². The van der Waals surface area contributed by atoms with Gasteiger partial charge in [0, 0.05) is 0 Å². The summed E-state index contributed by atoms with van der Waals surface area (Å²) in [5.41, 5.74) is 5.43. The first-order valence-electron chi connectivity index (χ1n) is 3.81. The van der Waals surface area contributed by atoms with E-state index < -0.39 is 0 Å². The quantitative estimate of drug-likeness (QED) is 0.579. The van der Waals surface area contributed by atoms with Crippen molar-refractivity contribution in [3.05, 3.63) is 0 Å². The Hall–Kier alpha value is -0.120. The van der Waals surface area contributed by atoms with Gasteiger partial charge >= 0.3 is 0 Å². The smallest absolute Gasteiger partial charge is 0.0643 e. The zero-order valence-corrected chi connectivity index (χ0v) is 6.12. The Morgan fingerprint density at radius 1 is 1.60 bits per heavy atom. The van der Waals surface area contributed by atoms with Gasteiger partial charge in [0.1, 0.15) is 0 Å². The summed E-state index contributed by atoms with van der Waals surface area (Å²) in [5.74, 6) is 0. The summed E-state index contributed by atoms with van der Waals surface area (Å²) in [5, 5.41) is 8.53. The van der Waals surface area contributed by atoms with E-state index >= 15 is 0 Å². The van der Waals surface area contributed by atoms with Gasteiger partial charge in [0.2, 0.25) is 0 Å². The van der Waals surface area contributed by atoms with E-state index in [1.165, 1.54) is 6.42 Å². The fourth-order valence-corrected chi connectivity index (χ4v) is 0.850. The van der Waals surface area contributed by atoms with E-state index in [1.54, 1.807) is 0 Å². The summed E-state index contributed by atoms with van der Waals surface area (Å²) in [4.78, 5) is 0. The lowest BCUT2D eigenvalue weighted by Gasteiger charge is -2.26.